The molecule has 0 aliphatic carbocycles. The molecule has 6 nitrogen and oxygen atoms in total. The van der Waals surface area contributed by atoms with Crippen LogP contribution in [0.15, 0.2) is 23.7 Å². The van der Waals surface area contributed by atoms with Crippen molar-refractivity contribution < 1.29 is 14.7 Å². The van der Waals surface area contributed by atoms with E-state index in [2.05, 4.69) is 10.4 Å². The third kappa shape index (κ3) is 3.73. The summed E-state index contributed by atoms with van der Waals surface area (Å²) in [4.78, 5) is 24.6. The maximum absolute atomic E-state index is 12.4. The largest absolute Gasteiger partial charge is 0.480 e. The minimum absolute atomic E-state index is 0.396. The molecule has 0 unspecified atom stereocenters. The number of aryl methyl sites for hydroxylation is 1. The Balaban J connectivity index is 2.20. The molecule has 118 valence electrons. The number of aromatic nitrogens is 2. The zero-order valence-corrected chi connectivity index (χ0v) is 13.4. The molecule has 0 aliphatic heterocycles. The lowest BCUT2D eigenvalue weighted by atomic mass is 10.1. The van der Waals surface area contributed by atoms with E-state index < -0.39 is 17.9 Å². The predicted octanol–water partition coefficient (Wildman–Crippen LogP) is 2.52. The monoisotopic (exact) mass is 321 g/mol. The standard InChI is InChI=1S/C15H19N3O3S/c1-3-4-6-11(15(20)21)16-14(19)10-9-18(2)17-13(10)12-7-5-8-22-12/h5,7-9,11H,3-4,6H2,1-2H3,(H,16,19)(H,20,21)/t11-/m0/s1. The highest BCUT2D eigenvalue weighted by Crippen LogP contribution is 2.26. The van der Waals surface area contributed by atoms with Crippen LogP contribution in [0.2, 0.25) is 0 Å². The van der Waals surface area contributed by atoms with Crippen molar-refractivity contribution in [3.63, 3.8) is 0 Å². The normalized spacial score (nSPS) is 12.1. The van der Waals surface area contributed by atoms with Gasteiger partial charge in [-0.25, -0.2) is 4.79 Å². The molecule has 2 heterocycles. The van der Waals surface area contributed by atoms with Crippen LogP contribution in [0.25, 0.3) is 10.6 Å². The van der Waals surface area contributed by atoms with Crippen molar-refractivity contribution in [3.8, 4) is 10.6 Å². The van der Waals surface area contributed by atoms with Crippen LogP contribution in [-0.4, -0.2) is 32.8 Å². The number of hydrogen-bond acceptors (Lipinski definition) is 4. The summed E-state index contributed by atoms with van der Waals surface area (Å²) in [6, 6.07) is 2.90. The first-order valence-electron chi connectivity index (χ1n) is 7.14. The zero-order valence-electron chi connectivity index (χ0n) is 12.6. The first kappa shape index (κ1) is 16.2. The van der Waals surface area contributed by atoms with Crippen LogP contribution in [0.3, 0.4) is 0 Å². The summed E-state index contributed by atoms with van der Waals surface area (Å²) in [6.45, 7) is 1.98. The van der Waals surface area contributed by atoms with Gasteiger partial charge in [-0.05, 0) is 17.9 Å². The Morgan fingerprint density at radius 1 is 1.50 bits per heavy atom. The molecule has 0 saturated carbocycles. The fourth-order valence-electron chi connectivity index (χ4n) is 2.15. The number of nitrogens with zero attached hydrogens (tertiary/aromatic N) is 2. The number of carboxylic acids is 1. The van der Waals surface area contributed by atoms with Crippen molar-refractivity contribution >= 4 is 23.2 Å². The number of rotatable bonds is 7. The maximum atomic E-state index is 12.4. The molecule has 2 aromatic heterocycles. The van der Waals surface area contributed by atoms with Crippen LogP contribution < -0.4 is 5.32 Å². The second-order valence-corrected chi connectivity index (χ2v) is 6.00. The van der Waals surface area contributed by atoms with Gasteiger partial charge in [0.25, 0.3) is 5.91 Å². The van der Waals surface area contributed by atoms with Crippen LogP contribution in [0.1, 0.15) is 36.5 Å². The SMILES string of the molecule is CCCC[C@H](NC(=O)c1cn(C)nc1-c1cccs1)C(=O)O. The molecule has 2 aromatic rings. The topological polar surface area (TPSA) is 84.2 Å². The van der Waals surface area contributed by atoms with Gasteiger partial charge in [-0.3, -0.25) is 9.48 Å². The summed E-state index contributed by atoms with van der Waals surface area (Å²) >= 11 is 1.49. The number of thiophene rings is 1. The van der Waals surface area contributed by atoms with Crippen molar-refractivity contribution in [2.45, 2.75) is 32.2 Å². The number of carboxylic acid groups (broad SMARTS) is 1. The summed E-state index contributed by atoms with van der Waals surface area (Å²) < 4.78 is 1.56. The molecule has 0 spiro atoms. The number of aliphatic carboxylic acids is 1. The molecule has 22 heavy (non-hydrogen) atoms. The first-order valence-corrected chi connectivity index (χ1v) is 8.02. The quantitative estimate of drug-likeness (QED) is 0.820. The molecule has 1 amide bonds. The number of amides is 1. The Hall–Kier alpha value is -2.15. The molecule has 2 N–H and O–H groups in total. The van der Waals surface area contributed by atoms with Crippen molar-refractivity contribution in [2.24, 2.45) is 7.05 Å². The van der Waals surface area contributed by atoms with Crippen molar-refractivity contribution in [1.29, 1.82) is 0 Å². The Bertz CT molecular complexity index is 649. The number of hydrogen-bond donors (Lipinski definition) is 2. The fourth-order valence-corrected chi connectivity index (χ4v) is 2.87. The third-order valence-corrected chi connectivity index (χ3v) is 4.15. The molecule has 2 rings (SSSR count). The maximum Gasteiger partial charge on any atom is 0.326 e. The van der Waals surface area contributed by atoms with Crippen LogP contribution in [0, 0.1) is 0 Å². The number of carbonyl (C=O) groups excluding carboxylic acids is 1. The number of carbonyl (C=O) groups is 2. The van der Waals surface area contributed by atoms with E-state index in [4.69, 9.17) is 0 Å². The second-order valence-electron chi connectivity index (χ2n) is 5.05. The van der Waals surface area contributed by atoms with Crippen molar-refractivity contribution in [2.75, 3.05) is 0 Å². The number of nitrogens with one attached hydrogen (secondary N) is 1. The summed E-state index contributed by atoms with van der Waals surface area (Å²) in [5.41, 5.74) is 0.974. The highest BCUT2D eigenvalue weighted by molar-refractivity contribution is 7.13. The minimum Gasteiger partial charge on any atom is -0.480 e. The lowest BCUT2D eigenvalue weighted by Gasteiger charge is -2.13. The van der Waals surface area contributed by atoms with Crippen LogP contribution in [-0.2, 0) is 11.8 Å². The molecular weight excluding hydrogens is 302 g/mol. The van der Waals surface area contributed by atoms with Crippen LogP contribution >= 0.6 is 11.3 Å². The van der Waals surface area contributed by atoms with Gasteiger partial charge in [0.1, 0.15) is 11.7 Å². The highest BCUT2D eigenvalue weighted by Gasteiger charge is 2.23. The summed E-state index contributed by atoms with van der Waals surface area (Å²) in [7, 11) is 1.74. The summed E-state index contributed by atoms with van der Waals surface area (Å²) in [5, 5.41) is 18.0. The molecule has 7 heteroatoms. The first-order chi connectivity index (χ1) is 10.5. The van der Waals surface area contributed by atoms with Gasteiger partial charge >= 0.3 is 5.97 Å². The molecule has 0 saturated heterocycles. The van der Waals surface area contributed by atoms with E-state index in [0.29, 0.717) is 17.7 Å². The smallest absolute Gasteiger partial charge is 0.326 e. The van der Waals surface area contributed by atoms with Gasteiger partial charge in [0.2, 0.25) is 0 Å². The molecule has 0 aliphatic rings. The summed E-state index contributed by atoms with van der Waals surface area (Å²) in [5.74, 6) is -1.41. The van der Waals surface area contributed by atoms with E-state index in [1.165, 1.54) is 11.3 Å². The Labute approximate surface area is 132 Å². The Morgan fingerprint density at radius 3 is 2.86 bits per heavy atom. The van der Waals surface area contributed by atoms with Crippen molar-refractivity contribution in [3.05, 3.63) is 29.3 Å². The van der Waals surface area contributed by atoms with E-state index in [9.17, 15) is 14.7 Å². The molecule has 0 aromatic carbocycles. The fraction of sp³-hybridized carbons (Fsp3) is 0.400. The Morgan fingerprint density at radius 2 is 2.27 bits per heavy atom. The average molecular weight is 321 g/mol. The van der Waals surface area contributed by atoms with E-state index in [-0.39, 0.29) is 0 Å². The number of unbranched alkanes of at least 4 members (excludes halogenated alkanes) is 1. The predicted molar refractivity (Wildman–Crippen MR) is 84.9 cm³/mol. The Kier molecular flexibility index (Phi) is 5.32. The summed E-state index contributed by atoms with van der Waals surface area (Å²) in [6.07, 6.45) is 3.67. The average Bonchev–Trinajstić information content (AvgIpc) is 3.11. The van der Waals surface area contributed by atoms with Gasteiger partial charge in [0, 0.05) is 13.2 Å². The highest BCUT2D eigenvalue weighted by atomic mass is 32.1. The molecule has 1 atom stereocenters. The van der Waals surface area contributed by atoms with E-state index in [0.717, 1.165) is 17.7 Å². The van der Waals surface area contributed by atoms with Crippen LogP contribution in [0.5, 0.6) is 0 Å². The zero-order chi connectivity index (χ0) is 16.1. The van der Waals surface area contributed by atoms with E-state index in [1.807, 2.05) is 24.4 Å². The van der Waals surface area contributed by atoms with Crippen LogP contribution in [0.4, 0.5) is 0 Å². The lowest BCUT2D eigenvalue weighted by molar-refractivity contribution is -0.139. The van der Waals surface area contributed by atoms with E-state index >= 15 is 0 Å². The second kappa shape index (κ2) is 7.22. The minimum atomic E-state index is -1.01. The van der Waals surface area contributed by atoms with Crippen molar-refractivity contribution in [1.82, 2.24) is 15.1 Å². The van der Waals surface area contributed by atoms with E-state index in [1.54, 1.807) is 17.9 Å². The molecule has 0 fully saturated rings. The molecule has 0 radical (unpaired) electrons. The van der Waals surface area contributed by atoms with Gasteiger partial charge in [-0.2, -0.15) is 5.10 Å². The molecule has 0 bridgehead atoms. The lowest BCUT2D eigenvalue weighted by Crippen LogP contribution is -2.40. The van der Waals surface area contributed by atoms with Gasteiger partial charge in [0.05, 0.1) is 10.4 Å². The van der Waals surface area contributed by atoms with Gasteiger partial charge in [-0.15, -0.1) is 11.3 Å². The van der Waals surface area contributed by atoms with Gasteiger partial charge < -0.3 is 10.4 Å². The van der Waals surface area contributed by atoms with Gasteiger partial charge in [-0.1, -0.05) is 25.8 Å². The van der Waals surface area contributed by atoms with Gasteiger partial charge in [0.15, 0.2) is 0 Å². The third-order valence-electron chi connectivity index (χ3n) is 3.28. The molecular formula is C15H19N3O3S.